The highest BCUT2D eigenvalue weighted by molar-refractivity contribution is 5.46. The lowest BCUT2D eigenvalue weighted by molar-refractivity contribution is 0.486. The standard InChI is InChI=1S/C12H14N/c1-13(10-6-3-7-11-13)12-8-4-2-5-9-12/h2-10H,11H2,1H3/q+1. The summed E-state index contributed by atoms with van der Waals surface area (Å²) in [6.07, 6.45) is 8.63. The van der Waals surface area contributed by atoms with Gasteiger partial charge in [0.25, 0.3) is 0 Å². The van der Waals surface area contributed by atoms with Crippen LogP contribution in [0, 0.1) is 0 Å². The summed E-state index contributed by atoms with van der Waals surface area (Å²) < 4.78 is 0.872. The van der Waals surface area contributed by atoms with E-state index in [2.05, 4.69) is 61.8 Å². The van der Waals surface area contributed by atoms with Crippen molar-refractivity contribution in [1.29, 1.82) is 0 Å². The van der Waals surface area contributed by atoms with Crippen molar-refractivity contribution in [3.63, 3.8) is 0 Å². The van der Waals surface area contributed by atoms with Gasteiger partial charge < -0.3 is 0 Å². The molecule has 0 aliphatic carbocycles. The van der Waals surface area contributed by atoms with Crippen molar-refractivity contribution in [2.24, 2.45) is 0 Å². The van der Waals surface area contributed by atoms with Gasteiger partial charge in [-0.25, -0.2) is 0 Å². The second-order valence-electron chi connectivity index (χ2n) is 3.56. The lowest BCUT2D eigenvalue weighted by Crippen LogP contribution is -2.40. The second-order valence-corrected chi connectivity index (χ2v) is 3.56. The minimum atomic E-state index is 0.872. The normalized spacial score (nSPS) is 26.2. The van der Waals surface area contributed by atoms with Crippen LogP contribution in [0.25, 0.3) is 0 Å². The average molecular weight is 172 g/mol. The highest BCUT2D eigenvalue weighted by atomic mass is 15.3. The van der Waals surface area contributed by atoms with E-state index in [0.29, 0.717) is 0 Å². The zero-order valence-corrected chi connectivity index (χ0v) is 7.85. The van der Waals surface area contributed by atoms with Crippen LogP contribution in [0.1, 0.15) is 0 Å². The van der Waals surface area contributed by atoms with Crippen LogP contribution in [0.4, 0.5) is 5.69 Å². The molecule has 1 heterocycles. The molecule has 1 aromatic rings. The van der Waals surface area contributed by atoms with E-state index in [-0.39, 0.29) is 0 Å². The van der Waals surface area contributed by atoms with Gasteiger partial charge in [-0.1, -0.05) is 24.3 Å². The molecule has 13 heavy (non-hydrogen) atoms. The Bertz CT molecular complexity index is 337. The molecule has 1 nitrogen and oxygen atoms in total. The maximum atomic E-state index is 2.22. The Morgan fingerprint density at radius 2 is 1.85 bits per heavy atom. The summed E-state index contributed by atoms with van der Waals surface area (Å²) in [4.78, 5) is 0. The molecule has 0 saturated heterocycles. The molecule has 0 spiro atoms. The van der Waals surface area contributed by atoms with Gasteiger partial charge in [0.2, 0.25) is 0 Å². The molecule has 1 heteroatoms. The minimum Gasteiger partial charge on any atom is -0.264 e. The molecule has 1 aliphatic rings. The molecule has 1 aromatic carbocycles. The molecule has 1 atom stereocenters. The molecule has 1 unspecified atom stereocenters. The van der Waals surface area contributed by atoms with Crippen LogP contribution >= 0.6 is 0 Å². The Morgan fingerprint density at radius 3 is 2.46 bits per heavy atom. The molecular weight excluding hydrogens is 158 g/mol. The van der Waals surface area contributed by atoms with Gasteiger partial charge in [0.1, 0.15) is 18.4 Å². The van der Waals surface area contributed by atoms with E-state index in [1.807, 2.05) is 0 Å². The molecule has 0 bridgehead atoms. The van der Waals surface area contributed by atoms with E-state index < -0.39 is 0 Å². The number of quaternary nitrogens is 1. The maximum Gasteiger partial charge on any atom is 0.137 e. The maximum absolute atomic E-state index is 2.22. The zero-order chi connectivity index (χ0) is 9.15. The molecule has 0 saturated carbocycles. The van der Waals surface area contributed by atoms with Crippen molar-refractivity contribution in [3.05, 3.63) is 54.8 Å². The fraction of sp³-hybridized carbons (Fsp3) is 0.167. The molecular formula is C12H14N+. The zero-order valence-electron chi connectivity index (χ0n) is 7.85. The Morgan fingerprint density at radius 1 is 1.08 bits per heavy atom. The van der Waals surface area contributed by atoms with Crippen LogP contribution < -0.4 is 4.48 Å². The Kier molecular flexibility index (Phi) is 2.03. The molecule has 1 aliphatic heterocycles. The fourth-order valence-electron chi connectivity index (χ4n) is 1.62. The van der Waals surface area contributed by atoms with E-state index in [1.54, 1.807) is 0 Å². The first-order valence-corrected chi connectivity index (χ1v) is 4.56. The lowest BCUT2D eigenvalue weighted by atomic mass is 10.2. The van der Waals surface area contributed by atoms with Crippen LogP contribution in [0.15, 0.2) is 54.8 Å². The van der Waals surface area contributed by atoms with Crippen LogP contribution in [0.5, 0.6) is 0 Å². The van der Waals surface area contributed by atoms with Crippen LogP contribution in [-0.2, 0) is 0 Å². The number of likely N-dealkylation sites (N-methyl/N-ethyl adjacent to an activating group) is 1. The number of rotatable bonds is 1. The summed E-state index contributed by atoms with van der Waals surface area (Å²) >= 11 is 0. The Balaban J connectivity index is 2.35. The second kappa shape index (κ2) is 3.19. The highest BCUT2D eigenvalue weighted by Gasteiger charge is 2.20. The smallest absolute Gasteiger partial charge is 0.137 e. The minimum absolute atomic E-state index is 0.872. The highest BCUT2D eigenvalue weighted by Crippen LogP contribution is 2.22. The van der Waals surface area contributed by atoms with E-state index in [1.165, 1.54) is 5.69 Å². The van der Waals surface area contributed by atoms with Gasteiger partial charge in [-0.2, -0.15) is 0 Å². The molecule has 0 aromatic heterocycles. The monoisotopic (exact) mass is 172 g/mol. The molecule has 66 valence electrons. The van der Waals surface area contributed by atoms with Crippen molar-refractivity contribution < 1.29 is 0 Å². The predicted molar refractivity (Wildman–Crippen MR) is 57.3 cm³/mol. The van der Waals surface area contributed by atoms with Crippen LogP contribution in [0.3, 0.4) is 0 Å². The van der Waals surface area contributed by atoms with Crippen molar-refractivity contribution in [3.8, 4) is 0 Å². The number of allylic oxidation sites excluding steroid dienone is 2. The molecule has 0 fully saturated rings. The van der Waals surface area contributed by atoms with Crippen molar-refractivity contribution >= 4 is 5.69 Å². The summed E-state index contributed by atoms with van der Waals surface area (Å²) in [6.45, 7) is 1.04. The SMILES string of the molecule is C[N+]1(c2ccccc2)C=CC=CC1. The summed E-state index contributed by atoms with van der Waals surface area (Å²) in [5.74, 6) is 0. The molecule has 0 radical (unpaired) electrons. The van der Waals surface area contributed by atoms with Gasteiger partial charge in [0, 0.05) is 0 Å². The van der Waals surface area contributed by atoms with Crippen molar-refractivity contribution in [2.75, 3.05) is 13.6 Å². The summed E-state index contributed by atoms with van der Waals surface area (Å²) in [5, 5.41) is 0. The van der Waals surface area contributed by atoms with Crippen molar-refractivity contribution in [1.82, 2.24) is 4.48 Å². The third-order valence-electron chi connectivity index (χ3n) is 2.49. The average Bonchev–Trinajstić information content (AvgIpc) is 2.20. The number of benzene rings is 1. The van der Waals surface area contributed by atoms with Crippen molar-refractivity contribution in [2.45, 2.75) is 0 Å². The quantitative estimate of drug-likeness (QED) is 0.571. The van der Waals surface area contributed by atoms with Gasteiger partial charge in [0.15, 0.2) is 0 Å². The van der Waals surface area contributed by atoms with E-state index in [9.17, 15) is 0 Å². The lowest BCUT2D eigenvalue weighted by Gasteiger charge is -2.29. The van der Waals surface area contributed by atoms with Gasteiger partial charge >= 0.3 is 0 Å². The molecule has 0 N–H and O–H groups in total. The van der Waals surface area contributed by atoms with Gasteiger partial charge in [0.05, 0.1) is 7.05 Å². The largest absolute Gasteiger partial charge is 0.264 e. The van der Waals surface area contributed by atoms with Crippen LogP contribution in [-0.4, -0.2) is 13.6 Å². The van der Waals surface area contributed by atoms with Gasteiger partial charge in [-0.15, -0.1) is 0 Å². The van der Waals surface area contributed by atoms with E-state index in [4.69, 9.17) is 0 Å². The van der Waals surface area contributed by atoms with Gasteiger partial charge in [-0.3, -0.25) is 4.48 Å². The predicted octanol–water partition coefficient (Wildman–Crippen LogP) is 2.71. The first-order chi connectivity index (χ1) is 6.31. The fourth-order valence-corrected chi connectivity index (χ4v) is 1.62. The topological polar surface area (TPSA) is 0 Å². The Labute approximate surface area is 79.2 Å². The van der Waals surface area contributed by atoms with Gasteiger partial charge in [-0.05, 0) is 24.3 Å². The molecule has 2 rings (SSSR count). The first-order valence-electron chi connectivity index (χ1n) is 4.56. The summed E-state index contributed by atoms with van der Waals surface area (Å²) in [5.41, 5.74) is 1.34. The number of nitrogens with zero attached hydrogens (tertiary/aromatic N) is 1. The summed E-state index contributed by atoms with van der Waals surface area (Å²) in [6, 6.07) is 10.6. The number of hydrogen-bond donors (Lipinski definition) is 0. The molecule has 0 amide bonds. The third kappa shape index (κ3) is 1.56. The third-order valence-corrected chi connectivity index (χ3v) is 2.49. The Hall–Kier alpha value is -1.34. The first kappa shape index (κ1) is 8.27. The number of hydrogen-bond acceptors (Lipinski definition) is 0. The van der Waals surface area contributed by atoms with Crippen LogP contribution in [0.2, 0.25) is 0 Å². The van der Waals surface area contributed by atoms with E-state index in [0.717, 1.165) is 11.0 Å². The van der Waals surface area contributed by atoms with E-state index >= 15 is 0 Å². The number of para-hydroxylation sites is 1. The summed E-state index contributed by atoms with van der Waals surface area (Å²) in [7, 11) is 2.22.